The van der Waals surface area contributed by atoms with E-state index in [0.29, 0.717) is 19.1 Å². The Hall–Kier alpha value is -0.610. The van der Waals surface area contributed by atoms with Crippen LogP contribution in [0.2, 0.25) is 0 Å². The molecule has 14 heavy (non-hydrogen) atoms. The number of hydrogen-bond acceptors (Lipinski definition) is 3. The highest BCUT2D eigenvalue weighted by molar-refractivity contribution is 5.73. The van der Waals surface area contributed by atoms with Gasteiger partial charge in [0, 0.05) is 13.0 Å². The maximum absolute atomic E-state index is 10.5. The molecule has 0 bridgehead atoms. The van der Waals surface area contributed by atoms with Gasteiger partial charge in [-0.2, -0.15) is 0 Å². The topological polar surface area (TPSA) is 78.3 Å². The predicted octanol–water partition coefficient (Wildman–Crippen LogP) is 0.396. The van der Waals surface area contributed by atoms with Gasteiger partial charge < -0.3 is 16.2 Å². The van der Waals surface area contributed by atoms with Gasteiger partial charge in [-0.3, -0.25) is 4.79 Å². The lowest BCUT2D eigenvalue weighted by atomic mass is 10.0. The molecule has 0 saturated heterocycles. The van der Waals surface area contributed by atoms with E-state index in [4.69, 9.17) is 16.2 Å². The van der Waals surface area contributed by atoms with E-state index in [1.54, 1.807) is 0 Å². The van der Waals surface area contributed by atoms with Gasteiger partial charge in [-0.15, -0.1) is 0 Å². The zero-order chi connectivity index (χ0) is 10.6. The van der Waals surface area contributed by atoms with Crippen molar-refractivity contribution in [1.29, 1.82) is 0 Å². The van der Waals surface area contributed by atoms with Crippen molar-refractivity contribution in [3.63, 3.8) is 0 Å². The summed E-state index contributed by atoms with van der Waals surface area (Å²) < 4.78 is 5.70. The first-order valence-corrected chi connectivity index (χ1v) is 5.20. The molecule has 0 radical (unpaired) electrons. The Labute approximate surface area is 85.0 Å². The van der Waals surface area contributed by atoms with E-state index in [-0.39, 0.29) is 17.9 Å². The van der Waals surface area contributed by atoms with E-state index < -0.39 is 0 Å². The van der Waals surface area contributed by atoms with Crippen LogP contribution in [0.25, 0.3) is 0 Å². The van der Waals surface area contributed by atoms with Gasteiger partial charge in [-0.05, 0) is 25.2 Å². The molecule has 0 heterocycles. The second-order valence-corrected chi connectivity index (χ2v) is 4.30. The fraction of sp³-hybridized carbons (Fsp3) is 0.900. The fourth-order valence-corrected chi connectivity index (χ4v) is 2.09. The van der Waals surface area contributed by atoms with Crippen molar-refractivity contribution in [3.8, 4) is 0 Å². The van der Waals surface area contributed by atoms with Gasteiger partial charge in [0.1, 0.15) is 0 Å². The minimum atomic E-state index is -0.316. The van der Waals surface area contributed by atoms with E-state index in [2.05, 4.69) is 6.92 Å². The third-order valence-electron chi connectivity index (χ3n) is 2.94. The summed E-state index contributed by atoms with van der Waals surface area (Å²) in [6.45, 7) is 3.14. The first-order chi connectivity index (χ1) is 6.58. The minimum absolute atomic E-state index is 0.186. The molecule has 4 heteroatoms. The lowest BCUT2D eigenvalue weighted by molar-refractivity contribution is -0.120. The van der Waals surface area contributed by atoms with Gasteiger partial charge in [0.2, 0.25) is 5.91 Å². The average Bonchev–Trinajstić information content (AvgIpc) is 2.48. The summed E-state index contributed by atoms with van der Waals surface area (Å²) in [6, 6.07) is 0. The average molecular weight is 200 g/mol. The van der Waals surface area contributed by atoms with E-state index in [0.717, 1.165) is 19.3 Å². The first kappa shape index (κ1) is 11.5. The van der Waals surface area contributed by atoms with Crippen molar-refractivity contribution in [2.24, 2.45) is 17.4 Å². The zero-order valence-electron chi connectivity index (χ0n) is 8.79. The van der Waals surface area contributed by atoms with Gasteiger partial charge in [0.05, 0.1) is 12.2 Å². The molecule has 0 aromatic rings. The van der Waals surface area contributed by atoms with Crippen molar-refractivity contribution in [2.75, 3.05) is 13.2 Å². The summed E-state index contributed by atoms with van der Waals surface area (Å²) in [5, 5.41) is 0. The largest absolute Gasteiger partial charge is 0.373 e. The number of ether oxygens (including phenoxy) is 1. The Morgan fingerprint density at radius 1 is 1.64 bits per heavy atom. The first-order valence-electron chi connectivity index (χ1n) is 5.20. The van der Waals surface area contributed by atoms with E-state index in [1.807, 2.05) is 0 Å². The molecule has 0 spiro atoms. The highest BCUT2D eigenvalue weighted by atomic mass is 16.5. The second kappa shape index (κ2) is 4.75. The van der Waals surface area contributed by atoms with Crippen LogP contribution in [0.4, 0.5) is 0 Å². The number of amides is 1. The molecule has 4 N–H and O–H groups in total. The van der Waals surface area contributed by atoms with Gasteiger partial charge >= 0.3 is 0 Å². The lowest BCUT2D eigenvalue weighted by Gasteiger charge is -2.27. The van der Waals surface area contributed by atoms with Gasteiger partial charge in [-0.25, -0.2) is 0 Å². The molecule has 1 aliphatic rings. The molecule has 82 valence electrons. The Kier molecular flexibility index (Phi) is 3.89. The number of carbonyl (C=O) groups excluding carboxylic acids is 1. The van der Waals surface area contributed by atoms with Crippen LogP contribution in [0.5, 0.6) is 0 Å². The van der Waals surface area contributed by atoms with E-state index in [9.17, 15) is 4.79 Å². The van der Waals surface area contributed by atoms with Crippen molar-refractivity contribution >= 4 is 5.91 Å². The Balaban J connectivity index is 2.35. The molecular weight excluding hydrogens is 180 g/mol. The number of carbonyl (C=O) groups is 1. The normalized spacial score (nSPS) is 32.0. The fourth-order valence-electron chi connectivity index (χ4n) is 2.09. The number of hydrogen-bond donors (Lipinski definition) is 2. The maximum atomic E-state index is 10.5. The molecule has 0 aliphatic heterocycles. The molecule has 0 aromatic carbocycles. The molecule has 2 unspecified atom stereocenters. The van der Waals surface area contributed by atoms with Crippen molar-refractivity contribution in [3.05, 3.63) is 0 Å². The van der Waals surface area contributed by atoms with E-state index >= 15 is 0 Å². The summed E-state index contributed by atoms with van der Waals surface area (Å²) in [6.07, 6.45) is 3.45. The highest BCUT2D eigenvalue weighted by Crippen LogP contribution is 2.36. The van der Waals surface area contributed by atoms with Crippen molar-refractivity contribution in [1.82, 2.24) is 0 Å². The van der Waals surface area contributed by atoms with Gasteiger partial charge in [-0.1, -0.05) is 6.92 Å². The highest BCUT2D eigenvalue weighted by Gasteiger charge is 2.37. The lowest BCUT2D eigenvalue weighted by Crippen LogP contribution is -2.39. The molecule has 1 amide bonds. The van der Waals surface area contributed by atoms with Gasteiger partial charge in [0.15, 0.2) is 0 Å². The summed E-state index contributed by atoms with van der Waals surface area (Å²) in [5.41, 5.74) is 10.6. The summed E-state index contributed by atoms with van der Waals surface area (Å²) in [4.78, 5) is 10.5. The molecule has 0 aromatic heterocycles. The van der Waals surface area contributed by atoms with Crippen LogP contribution < -0.4 is 11.5 Å². The van der Waals surface area contributed by atoms with Crippen LogP contribution in [0.1, 0.15) is 32.6 Å². The van der Waals surface area contributed by atoms with Crippen LogP contribution in [0, 0.1) is 5.92 Å². The third kappa shape index (κ3) is 2.96. The van der Waals surface area contributed by atoms with Crippen molar-refractivity contribution < 1.29 is 9.53 Å². The molecule has 1 fully saturated rings. The van der Waals surface area contributed by atoms with E-state index in [1.165, 1.54) is 0 Å². The maximum Gasteiger partial charge on any atom is 0.219 e. The summed E-state index contributed by atoms with van der Waals surface area (Å²) >= 11 is 0. The van der Waals surface area contributed by atoms with Gasteiger partial charge in [0.25, 0.3) is 0 Å². The SMILES string of the molecule is CC1CCC(CN)(OCCC(N)=O)C1. The van der Waals surface area contributed by atoms with Crippen LogP contribution in [0.15, 0.2) is 0 Å². The third-order valence-corrected chi connectivity index (χ3v) is 2.94. The number of primary amides is 1. The second-order valence-electron chi connectivity index (χ2n) is 4.30. The van der Waals surface area contributed by atoms with Crippen LogP contribution in [0.3, 0.4) is 0 Å². The number of rotatable bonds is 5. The Morgan fingerprint density at radius 3 is 2.79 bits per heavy atom. The zero-order valence-corrected chi connectivity index (χ0v) is 8.79. The molecule has 1 saturated carbocycles. The van der Waals surface area contributed by atoms with Crippen LogP contribution in [-0.4, -0.2) is 24.7 Å². The summed E-state index contributed by atoms with van der Waals surface area (Å²) in [5.74, 6) is 0.357. The molecule has 4 nitrogen and oxygen atoms in total. The molecule has 1 rings (SSSR count). The monoisotopic (exact) mass is 200 g/mol. The quantitative estimate of drug-likeness (QED) is 0.674. The predicted molar refractivity (Wildman–Crippen MR) is 54.6 cm³/mol. The Morgan fingerprint density at radius 2 is 2.36 bits per heavy atom. The Bertz CT molecular complexity index is 208. The van der Waals surface area contributed by atoms with Crippen molar-refractivity contribution in [2.45, 2.75) is 38.2 Å². The minimum Gasteiger partial charge on any atom is -0.373 e. The van der Waals surface area contributed by atoms with Crippen LogP contribution >= 0.6 is 0 Å². The molecule has 2 atom stereocenters. The van der Waals surface area contributed by atoms with Crippen LogP contribution in [-0.2, 0) is 9.53 Å². The number of nitrogens with two attached hydrogens (primary N) is 2. The standard InChI is InChI=1S/C10H20N2O2/c1-8-2-4-10(6-8,7-11)14-5-3-9(12)13/h8H,2-7,11H2,1H3,(H2,12,13). The summed E-state index contributed by atoms with van der Waals surface area (Å²) in [7, 11) is 0. The smallest absolute Gasteiger partial charge is 0.219 e. The molecule has 1 aliphatic carbocycles. The molecular formula is C10H20N2O2.